The minimum Gasteiger partial charge on any atom is -0.304 e. The minimum absolute atomic E-state index is 0.447. The van der Waals surface area contributed by atoms with Gasteiger partial charge in [-0.25, -0.2) is 4.68 Å². The molecule has 0 saturated heterocycles. The van der Waals surface area contributed by atoms with Crippen LogP contribution >= 0.6 is 12.2 Å². The third-order valence-corrected chi connectivity index (χ3v) is 4.05. The van der Waals surface area contributed by atoms with Crippen LogP contribution in [-0.2, 0) is 13.2 Å². The molecule has 1 heterocycles. The predicted octanol–water partition coefficient (Wildman–Crippen LogP) is 2.40. The van der Waals surface area contributed by atoms with E-state index in [4.69, 9.17) is 22.7 Å². The smallest absolute Gasteiger partial charge is 0.199 e. The SMILES string of the molecule is CCn1c(C2CC2)nn(CN(CCC#N)CCC#N)c1=S. The van der Waals surface area contributed by atoms with Crippen LogP contribution in [0.4, 0.5) is 0 Å². The number of hydrogen-bond donors (Lipinski definition) is 0. The minimum atomic E-state index is 0.447. The molecule has 0 spiro atoms. The van der Waals surface area contributed by atoms with Crippen LogP contribution in [0.2, 0.25) is 0 Å². The van der Waals surface area contributed by atoms with Crippen LogP contribution in [0.3, 0.4) is 0 Å². The molecule has 0 radical (unpaired) electrons. The van der Waals surface area contributed by atoms with Crippen molar-refractivity contribution in [3.63, 3.8) is 0 Å². The Morgan fingerprint density at radius 2 is 1.90 bits per heavy atom. The monoisotopic (exact) mass is 304 g/mol. The fourth-order valence-corrected chi connectivity index (χ4v) is 2.67. The fourth-order valence-electron chi connectivity index (χ4n) is 2.35. The molecule has 0 atom stereocenters. The molecule has 0 aromatic carbocycles. The lowest BCUT2D eigenvalue weighted by Gasteiger charge is -2.19. The summed E-state index contributed by atoms with van der Waals surface area (Å²) in [6, 6.07) is 4.29. The standard InChI is InChI=1S/C14H20N6S/c1-2-19-13(12-5-6-12)17-20(14(19)21)11-18(9-3-7-15)10-4-8-16/h12H,2-6,9-11H2,1H3. The van der Waals surface area contributed by atoms with Crippen molar-refractivity contribution in [1.82, 2.24) is 19.2 Å². The van der Waals surface area contributed by atoms with Crippen molar-refractivity contribution < 1.29 is 0 Å². The van der Waals surface area contributed by atoms with Gasteiger partial charge < -0.3 is 4.57 Å². The van der Waals surface area contributed by atoms with E-state index in [-0.39, 0.29) is 0 Å². The van der Waals surface area contributed by atoms with Crippen molar-refractivity contribution >= 4 is 12.2 Å². The first-order chi connectivity index (χ1) is 10.2. The van der Waals surface area contributed by atoms with Gasteiger partial charge >= 0.3 is 0 Å². The third-order valence-electron chi connectivity index (χ3n) is 3.62. The van der Waals surface area contributed by atoms with Crippen LogP contribution in [-0.4, -0.2) is 32.3 Å². The van der Waals surface area contributed by atoms with Gasteiger partial charge in [0, 0.05) is 38.4 Å². The first kappa shape index (κ1) is 15.7. The van der Waals surface area contributed by atoms with E-state index in [1.165, 1.54) is 12.8 Å². The molecule has 1 aliphatic rings. The summed E-state index contributed by atoms with van der Waals surface area (Å²) in [6.07, 6.45) is 3.28. The second kappa shape index (κ2) is 7.35. The summed E-state index contributed by atoms with van der Waals surface area (Å²) in [6.45, 7) is 4.74. The Balaban J connectivity index is 2.14. The summed E-state index contributed by atoms with van der Waals surface area (Å²) in [7, 11) is 0. The van der Waals surface area contributed by atoms with E-state index in [0.29, 0.717) is 38.5 Å². The zero-order valence-electron chi connectivity index (χ0n) is 12.3. The van der Waals surface area contributed by atoms with Gasteiger partial charge in [-0.15, -0.1) is 0 Å². The average Bonchev–Trinajstić information content (AvgIpc) is 3.28. The third kappa shape index (κ3) is 3.90. The lowest BCUT2D eigenvalue weighted by Crippen LogP contribution is -2.29. The van der Waals surface area contributed by atoms with Gasteiger partial charge in [-0.3, -0.25) is 4.90 Å². The first-order valence-corrected chi connectivity index (χ1v) is 7.75. The largest absolute Gasteiger partial charge is 0.304 e. The van der Waals surface area contributed by atoms with Gasteiger partial charge in [-0.2, -0.15) is 15.6 Å². The Kier molecular flexibility index (Phi) is 5.49. The van der Waals surface area contributed by atoms with Gasteiger partial charge in [0.15, 0.2) is 4.77 Å². The van der Waals surface area contributed by atoms with Crippen molar-refractivity contribution in [2.75, 3.05) is 13.1 Å². The van der Waals surface area contributed by atoms with Gasteiger partial charge in [-0.1, -0.05) is 0 Å². The molecule has 0 N–H and O–H groups in total. The summed E-state index contributed by atoms with van der Waals surface area (Å²) in [5.41, 5.74) is 0. The summed E-state index contributed by atoms with van der Waals surface area (Å²) < 4.78 is 4.67. The number of aromatic nitrogens is 3. The van der Waals surface area contributed by atoms with Crippen molar-refractivity contribution in [3.8, 4) is 12.1 Å². The Labute approximate surface area is 130 Å². The van der Waals surface area contributed by atoms with Gasteiger partial charge in [0.2, 0.25) is 0 Å². The maximum atomic E-state index is 8.74. The van der Waals surface area contributed by atoms with E-state index in [0.717, 1.165) is 17.1 Å². The first-order valence-electron chi connectivity index (χ1n) is 7.35. The number of nitrogens with zero attached hydrogens (tertiary/aromatic N) is 6. The zero-order chi connectivity index (χ0) is 15.2. The summed E-state index contributed by atoms with van der Waals surface area (Å²) in [4.78, 5) is 2.06. The van der Waals surface area contributed by atoms with Crippen LogP contribution < -0.4 is 0 Å². The molecule has 0 amide bonds. The van der Waals surface area contributed by atoms with Crippen LogP contribution in [0.1, 0.15) is 44.3 Å². The number of hydrogen-bond acceptors (Lipinski definition) is 5. The quantitative estimate of drug-likeness (QED) is 0.689. The highest BCUT2D eigenvalue weighted by molar-refractivity contribution is 7.71. The van der Waals surface area contributed by atoms with Crippen molar-refractivity contribution in [1.29, 1.82) is 10.5 Å². The molecule has 1 aromatic rings. The fraction of sp³-hybridized carbons (Fsp3) is 0.714. The maximum Gasteiger partial charge on any atom is 0.199 e. The van der Waals surface area contributed by atoms with Crippen LogP contribution in [0.5, 0.6) is 0 Å². The van der Waals surface area contributed by atoms with Gasteiger partial charge in [0.25, 0.3) is 0 Å². The van der Waals surface area contributed by atoms with Gasteiger partial charge in [0.1, 0.15) is 5.82 Å². The lowest BCUT2D eigenvalue weighted by molar-refractivity contribution is 0.213. The summed E-state index contributed by atoms with van der Waals surface area (Å²) >= 11 is 5.51. The van der Waals surface area contributed by atoms with Crippen LogP contribution in [0, 0.1) is 27.4 Å². The zero-order valence-corrected chi connectivity index (χ0v) is 13.1. The Morgan fingerprint density at radius 1 is 1.29 bits per heavy atom. The van der Waals surface area contributed by atoms with Crippen molar-refractivity contribution in [2.45, 2.75) is 51.7 Å². The molecular formula is C14H20N6S. The second-order valence-electron chi connectivity index (χ2n) is 5.23. The second-order valence-corrected chi connectivity index (χ2v) is 5.60. The molecular weight excluding hydrogens is 284 g/mol. The molecule has 1 aliphatic carbocycles. The molecule has 1 fully saturated rings. The average molecular weight is 304 g/mol. The summed E-state index contributed by atoms with van der Waals surface area (Å²) in [5.74, 6) is 1.64. The van der Waals surface area contributed by atoms with E-state index >= 15 is 0 Å². The number of nitriles is 2. The molecule has 1 saturated carbocycles. The highest BCUT2D eigenvalue weighted by Gasteiger charge is 2.29. The molecule has 7 heteroatoms. The molecule has 0 aliphatic heterocycles. The van der Waals surface area contributed by atoms with E-state index in [9.17, 15) is 0 Å². The molecule has 0 bridgehead atoms. The molecule has 2 rings (SSSR count). The number of rotatable bonds is 8. The maximum absolute atomic E-state index is 8.74. The predicted molar refractivity (Wildman–Crippen MR) is 80.7 cm³/mol. The Bertz CT molecular complexity index is 595. The van der Waals surface area contributed by atoms with Crippen molar-refractivity contribution in [3.05, 3.63) is 10.6 Å². The van der Waals surface area contributed by atoms with E-state index in [1.54, 1.807) is 0 Å². The highest BCUT2D eigenvalue weighted by atomic mass is 32.1. The van der Waals surface area contributed by atoms with Crippen LogP contribution in [0.15, 0.2) is 0 Å². The molecule has 1 aromatic heterocycles. The van der Waals surface area contributed by atoms with Crippen LogP contribution in [0.25, 0.3) is 0 Å². The van der Waals surface area contributed by atoms with E-state index < -0.39 is 0 Å². The Morgan fingerprint density at radius 3 is 2.38 bits per heavy atom. The topological polar surface area (TPSA) is 73.6 Å². The Hall–Kier alpha value is -1.70. The van der Waals surface area contributed by atoms with E-state index in [2.05, 4.69) is 33.6 Å². The summed E-state index contributed by atoms with van der Waals surface area (Å²) in [5, 5.41) is 22.1. The van der Waals surface area contributed by atoms with Gasteiger partial charge in [-0.05, 0) is 32.0 Å². The van der Waals surface area contributed by atoms with Gasteiger partial charge in [0.05, 0.1) is 18.8 Å². The lowest BCUT2D eigenvalue weighted by atomic mass is 10.3. The molecule has 6 nitrogen and oxygen atoms in total. The molecule has 112 valence electrons. The molecule has 21 heavy (non-hydrogen) atoms. The molecule has 0 unspecified atom stereocenters. The van der Waals surface area contributed by atoms with E-state index in [1.807, 2.05) is 4.68 Å². The van der Waals surface area contributed by atoms with Crippen molar-refractivity contribution in [2.24, 2.45) is 0 Å². The normalized spacial score (nSPS) is 14.1. The highest BCUT2D eigenvalue weighted by Crippen LogP contribution is 2.39.